The van der Waals surface area contributed by atoms with Gasteiger partial charge in [-0.15, -0.1) is 0 Å². The summed E-state index contributed by atoms with van der Waals surface area (Å²) in [4.78, 5) is 0. The quantitative estimate of drug-likeness (QED) is 0.598. The zero-order valence-corrected chi connectivity index (χ0v) is 13.5. The average Bonchev–Trinajstić information content (AvgIpc) is 2.52. The van der Waals surface area contributed by atoms with Crippen LogP contribution in [0.1, 0.15) is 55.7 Å². The Morgan fingerprint density at radius 1 is 1.05 bits per heavy atom. The first-order valence-corrected chi connectivity index (χ1v) is 8.50. The van der Waals surface area contributed by atoms with Crippen molar-refractivity contribution in [2.45, 2.75) is 58.8 Å². The van der Waals surface area contributed by atoms with Crippen LogP contribution in [0.2, 0.25) is 0 Å². The number of aryl methyl sites for hydroxylation is 2. The van der Waals surface area contributed by atoms with Crippen LogP contribution in [0.4, 0.5) is 8.78 Å². The zero-order chi connectivity index (χ0) is 15.7. The molecule has 118 valence electrons. The van der Waals surface area contributed by atoms with Gasteiger partial charge < -0.3 is 0 Å². The molecule has 3 rings (SSSR count). The summed E-state index contributed by atoms with van der Waals surface area (Å²) in [6, 6.07) is 5.73. The van der Waals surface area contributed by atoms with Gasteiger partial charge >= 0.3 is 0 Å². The largest absolute Gasteiger partial charge is 0.203 e. The first-order valence-electron chi connectivity index (χ1n) is 8.50. The highest BCUT2D eigenvalue weighted by molar-refractivity contribution is 5.85. The van der Waals surface area contributed by atoms with Gasteiger partial charge in [0.2, 0.25) is 0 Å². The van der Waals surface area contributed by atoms with Crippen LogP contribution < -0.4 is 0 Å². The molecule has 2 heteroatoms. The van der Waals surface area contributed by atoms with E-state index < -0.39 is 11.6 Å². The molecule has 0 nitrogen and oxygen atoms in total. The lowest BCUT2D eigenvalue weighted by molar-refractivity contribution is 0.408. The number of hydrogen-bond donors (Lipinski definition) is 0. The second-order valence-corrected chi connectivity index (χ2v) is 6.77. The number of fused-ring (bicyclic) bond motifs is 2. The zero-order valence-electron chi connectivity index (χ0n) is 13.5. The molecule has 0 bridgehead atoms. The van der Waals surface area contributed by atoms with Crippen molar-refractivity contribution in [2.24, 2.45) is 5.92 Å². The van der Waals surface area contributed by atoms with Crippen LogP contribution in [0.3, 0.4) is 0 Å². The maximum absolute atomic E-state index is 14.2. The van der Waals surface area contributed by atoms with E-state index in [9.17, 15) is 8.78 Å². The highest BCUT2D eigenvalue weighted by Crippen LogP contribution is 2.33. The Hall–Kier alpha value is -1.44. The fraction of sp³-hybridized carbons (Fsp3) is 0.500. The van der Waals surface area contributed by atoms with E-state index >= 15 is 0 Å². The molecule has 1 unspecified atom stereocenters. The van der Waals surface area contributed by atoms with Crippen molar-refractivity contribution < 1.29 is 8.78 Å². The Balaban J connectivity index is 1.91. The minimum absolute atomic E-state index is 0.387. The van der Waals surface area contributed by atoms with Crippen LogP contribution in [-0.2, 0) is 12.8 Å². The van der Waals surface area contributed by atoms with Gasteiger partial charge in [0.15, 0.2) is 11.6 Å². The van der Waals surface area contributed by atoms with Crippen molar-refractivity contribution >= 4 is 10.8 Å². The Morgan fingerprint density at radius 3 is 2.64 bits per heavy atom. The summed E-state index contributed by atoms with van der Waals surface area (Å²) in [6.07, 6.45) is 8.40. The van der Waals surface area contributed by atoms with Crippen molar-refractivity contribution in [3.8, 4) is 0 Å². The average molecular weight is 302 g/mol. The summed E-state index contributed by atoms with van der Waals surface area (Å²) in [5.74, 6) is -0.691. The van der Waals surface area contributed by atoms with Crippen molar-refractivity contribution in [3.05, 3.63) is 46.5 Å². The summed E-state index contributed by atoms with van der Waals surface area (Å²) in [5.41, 5.74) is 2.94. The highest BCUT2D eigenvalue weighted by atomic mass is 19.2. The van der Waals surface area contributed by atoms with Crippen molar-refractivity contribution in [3.63, 3.8) is 0 Å². The second-order valence-electron chi connectivity index (χ2n) is 6.77. The number of rotatable bonds is 4. The monoisotopic (exact) mass is 302 g/mol. The lowest BCUT2D eigenvalue weighted by atomic mass is 9.80. The van der Waals surface area contributed by atoms with Gasteiger partial charge in [-0.25, -0.2) is 8.78 Å². The topological polar surface area (TPSA) is 0 Å². The lowest BCUT2D eigenvalue weighted by Gasteiger charge is -2.25. The van der Waals surface area contributed by atoms with E-state index in [1.165, 1.54) is 43.2 Å². The SMILES string of the molecule is CCCCCC1CCc2cc3cc(C)c(F)c(F)c3cc2C1. The molecule has 0 heterocycles. The molecular formula is C20H24F2. The van der Waals surface area contributed by atoms with Gasteiger partial charge in [0.25, 0.3) is 0 Å². The van der Waals surface area contributed by atoms with E-state index in [0.29, 0.717) is 16.9 Å². The third kappa shape index (κ3) is 2.88. The van der Waals surface area contributed by atoms with E-state index in [4.69, 9.17) is 0 Å². The Labute approximate surface area is 131 Å². The van der Waals surface area contributed by atoms with Gasteiger partial charge in [-0.05, 0) is 66.3 Å². The van der Waals surface area contributed by atoms with Crippen molar-refractivity contribution in [1.29, 1.82) is 0 Å². The molecule has 0 fully saturated rings. The fourth-order valence-corrected chi connectivity index (χ4v) is 3.73. The summed E-state index contributed by atoms with van der Waals surface area (Å²) in [5, 5.41) is 1.27. The second kappa shape index (κ2) is 6.36. The number of unbranched alkanes of at least 4 members (excludes halogenated alkanes) is 2. The Kier molecular flexibility index (Phi) is 4.46. The van der Waals surface area contributed by atoms with E-state index in [1.54, 1.807) is 13.0 Å². The van der Waals surface area contributed by atoms with Gasteiger partial charge in [-0.3, -0.25) is 0 Å². The smallest absolute Gasteiger partial charge is 0.166 e. The number of halogens is 2. The molecule has 0 saturated heterocycles. The molecule has 2 aromatic carbocycles. The van der Waals surface area contributed by atoms with Gasteiger partial charge in [0.05, 0.1) is 0 Å². The molecule has 0 aromatic heterocycles. The van der Waals surface area contributed by atoms with E-state index in [2.05, 4.69) is 13.0 Å². The number of benzene rings is 2. The Bertz CT molecular complexity index is 688. The number of hydrogen-bond acceptors (Lipinski definition) is 0. The molecule has 22 heavy (non-hydrogen) atoms. The van der Waals surface area contributed by atoms with Crippen LogP contribution in [0.25, 0.3) is 10.8 Å². The summed E-state index contributed by atoms with van der Waals surface area (Å²) in [6.45, 7) is 3.85. The van der Waals surface area contributed by atoms with Gasteiger partial charge in [-0.2, -0.15) is 0 Å². The third-order valence-corrected chi connectivity index (χ3v) is 5.07. The van der Waals surface area contributed by atoms with E-state index in [0.717, 1.165) is 18.2 Å². The van der Waals surface area contributed by atoms with Crippen LogP contribution in [0, 0.1) is 24.5 Å². The fourth-order valence-electron chi connectivity index (χ4n) is 3.73. The predicted molar refractivity (Wildman–Crippen MR) is 88.3 cm³/mol. The molecule has 0 spiro atoms. The summed E-state index contributed by atoms with van der Waals surface area (Å²) >= 11 is 0. The summed E-state index contributed by atoms with van der Waals surface area (Å²) in [7, 11) is 0. The van der Waals surface area contributed by atoms with Crippen LogP contribution in [0.15, 0.2) is 18.2 Å². The molecule has 2 aromatic rings. The minimum atomic E-state index is -0.706. The molecule has 1 aliphatic rings. The minimum Gasteiger partial charge on any atom is -0.203 e. The van der Waals surface area contributed by atoms with Crippen molar-refractivity contribution in [2.75, 3.05) is 0 Å². The van der Waals surface area contributed by atoms with E-state index in [1.807, 2.05) is 6.07 Å². The van der Waals surface area contributed by atoms with E-state index in [-0.39, 0.29) is 0 Å². The molecule has 1 atom stereocenters. The first-order chi connectivity index (χ1) is 10.6. The van der Waals surface area contributed by atoms with Gasteiger partial charge in [0, 0.05) is 5.39 Å². The first kappa shape index (κ1) is 15.5. The van der Waals surface area contributed by atoms with Crippen molar-refractivity contribution in [1.82, 2.24) is 0 Å². The molecule has 0 radical (unpaired) electrons. The third-order valence-electron chi connectivity index (χ3n) is 5.07. The molecule has 1 aliphatic carbocycles. The normalized spacial score (nSPS) is 17.7. The maximum Gasteiger partial charge on any atom is 0.166 e. The standard InChI is InChI=1S/C20H24F2/c1-3-4-5-6-14-7-8-15-11-17-9-13(2)19(21)20(22)18(17)12-16(15)10-14/h9,11-12,14H,3-8,10H2,1-2H3. The lowest BCUT2D eigenvalue weighted by Crippen LogP contribution is -2.14. The van der Waals surface area contributed by atoms with Crippen LogP contribution in [0.5, 0.6) is 0 Å². The highest BCUT2D eigenvalue weighted by Gasteiger charge is 2.20. The molecular weight excluding hydrogens is 278 g/mol. The maximum atomic E-state index is 14.2. The van der Waals surface area contributed by atoms with Gasteiger partial charge in [0.1, 0.15) is 0 Å². The predicted octanol–water partition coefficient (Wildman–Crippen LogP) is 6.11. The molecule has 0 N–H and O–H groups in total. The van der Waals surface area contributed by atoms with Crippen LogP contribution >= 0.6 is 0 Å². The van der Waals surface area contributed by atoms with Gasteiger partial charge in [-0.1, -0.05) is 38.7 Å². The van der Waals surface area contributed by atoms with Crippen LogP contribution in [-0.4, -0.2) is 0 Å². The molecule has 0 saturated carbocycles. The summed E-state index contributed by atoms with van der Waals surface area (Å²) < 4.78 is 28.0. The molecule has 0 amide bonds. The molecule has 0 aliphatic heterocycles. The Morgan fingerprint density at radius 2 is 1.86 bits per heavy atom.